The molecule has 0 saturated heterocycles. The molecule has 0 saturated carbocycles. The van der Waals surface area contributed by atoms with Gasteiger partial charge in [-0.2, -0.15) is 4.31 Å². The lowest BCUT2D eigenvalue weighted by atomic mass is 10.1. The Hall–Kier alpha value is -3.34. The Morgan fingerprint density at radius 3 is 2.32 bits per heavy atom. The minimum absolute atomic E-state index is 0.00129. The van der Waals surface area contributed by atoms with Gasteiger partial charge in [-0.15, -0.1) is 0 Å². The first-order valence-corrected chi connectivity index (χ1v) is 12.1. The van der Waals surface area contributed by atoms with Crippen LogP contribution in [0.1, 0.15) is 16.8 Å². The van der Waals surface area contributed by atoms with Crippen molar-refractivity contribution in [2.45, 2.75) is 24.5 Å². The number of sulfonamides is 1. The summed E-state index contributed by atoms with van der Waals surface area (Å²) in [5, 5.41) is 13.4. The molecule has 0 unspecified atom stereocenters. The average molecular weight is 484 g/mol. The number of carboxylic acid groups (broad SMARTS) is 1. The number of benzene rings is 1. The van der Waals surface area contributed by atoms with Crippen LogP contribution < -0.4 is 10.4 Å². The molecule has 9 nitrogen and oxygen atoms in total. The molecule has 0 atom stereocenters. The fourth-order valence-electron chi connectivity index (χ4n) is 3.39. The maximum Gasteiger partial charge on any atom is 0.245 e. The molecule has 34 heavy (non-hydrogen) atoms. The summed E-state index contributed by atoms with van der Waals surface area (Å²) >= 11 is 0. The maximum absolute atomic E-state index is 13.4. The third-order valence-corrected chi connectivity index (χ3v) is 6.65. The number of aromatic nitrogens is 2. The van der Waals surface area contributed by atoms with Crippen LogP contribution in [0.3, 0.4) is 0 Å². The van der Waals surface area contributed by atoms with Crippen molar-refractivity contribution >= 4 is 21.8 Å². The number of hydrogen-bond acceptors (Lipinski definition) is 7. The molecule has 2 aromatic heterocycles. The standard InChI is InChI=1S/C24H29N5O4S/c1-29(2,3)18-20-11-9-19(10-12-20)16-28(34(32,33)22-7-5-13-25-14-22)17-21-6-4-8-23(27-21)26-15-24(30)31/h4-14H,15-18H2,1-3H3,(H-,26,27,30,31). The molecule has 0 amide bonds. The van der Waals surface area contributed by atoms with E-state index < -0.39 is 22.5 Å². The third-order valence-electron chi connectivity index (χ3n) is 4.87. The summed E-state index contributed by atoms with van der Waals surface area (Å²) in [6.07, 6.45) is 2.84. The van der Waals surface area contributed by atoms with Gasteiger partial charge in [0.25, 0.3) is 0 Å². The van der Waals surface area contributed by atoms with Crippen LogP contribution >= 0.6 is 0 Å². The van der Waals surface area contributed by atoms with Gasteiger partial charge in [0, 0.05) is 24.5 Å². The van der Waals surface area contributed by atoms with Gasteiger partial charge in [-0.25, -0.2) is 13.4 Å². The minimum atomic E-state index is -3.87. The van der Waals surface area contributed by atoms with Crippen LogP contribution in [-0.4, -0.2) is 60.8 Å². The molecule has 3 aromatic rings. The molecule has 1 aromatic carbocycles. The Balaban J connectivity index is 1.88. The molecule has 180 valence electrons. The van der Waals surface area contributed by atoms with E-state index in [0.29, 0.717) is 11.5 Å². The van der Waals surface area contributed by atoms with Gasteiger partial charge in [0.05, 0.1) is 45.9 Å². The second-order valence-electron chi connectivity index (χ2n) is 8.97. The molecule has 0 aliphatic heterocycles. The summed E-state index contributed by atoms with van der Waals surface area (Å²) in [7, 11) is 2.46. The number of aliphatic carboxylic acids is 1. The molecule has 1 N–H and O–H groups in total. The lowest BCUT2D eigenvalue weighted by molar-refractivity contribution is -0.884. The van der Waals surface area contributed by atoms with Crippen LogP contribution in [0.5, 0.6) is 0 Å². The van der Waals surface area contributed by atoms with Gasteiger partial charge in [-0.3, -0.25) is 4.98 Å². The number of anilines is 1. The van der Waals surface area contributed by atoms with E-state index in [4.69, 9.17) is 0 Å². The summed E-state index contributed by atoms with van der Waals surface area (Å²) in [6.45, 7) is 0.598. The number of carboxylic acids is 1. The van der Waals surface area contributed by atoms with Crippen LogP contribution in [0.25, 0.3) is 0 Å². The second-order valence-corrected chi connectivity index (χ2v) is 10.9. The normalized spacial score (nSPS) is 12.0. The highest BCUT2D eigenvalue weighted by molar-refractivity contribution is 7.89. The first kappa shape index (κ1) is 25.3. The van der Waals surface area contributed by atoms with Crippen molar-refractivity contribution in [2.75, 3.05) is 33.0 Å². The van der Waals surface area contributed by atoms with Gasteiger partial charge in [-0.1, -0.05) is 30.3 Å². The number of pyridine rings is 2. The lowest BCUT2D eigenvalue weighted by Crippen LogP contribution is -2.33. The van der Waals surface area contributed by atoms with Crippen molar-refractivity contribution in [3.05, 3.63) is 83.8 Å². The van der Waals surface area contributed by atoms with Crippen molar-refractivity contribution in [1.82, 2.24) is 14.3 Å². The molecule has 3 rings (SSSR count). The van der Waals surface area contributed by atoms with E-state index in [9.17, 15) is 18.3 Å². The first-order chi connectivity index (χ1) is 16.0. The average Bonchev–Trinajstić information content (AvgIpc) is 2.78. The Morgan fingerprint density at radius 2 is 1.71 bits per heavy atom. The Kier molecular flexibility index (Phi) is 7.98. The Bertz CT molecular complexity index is 1210. The number of hydrogen-bond donors (Lipinski definition) is 1. The quantitative estimate of drug-likeness (QED) is 0.408. The summed E-state index contributed by atoms with van der Waals surface area (Å²) in [4.78, 5) is 19.1. The zero-order valence-electron chi connectivity index (χ0n) is 19.5. The van der Waals surface area contributed by atoms with Crippen LogP contribution in [0.2, 0.25) is 0 Å². The number of rotatable bonds is 11. The highest BCUT2D eigenvalue weighted by Crippen LogP contribution is 2.21. The SMILES string of the molecule is C[N+](C)(C)Cc1ccc(CN(Cc2cccc(NCC(=O)[O-])n2)S(=O)(=O)c2cccnc2)cc1. The van der Waals surface area contributed by atoms with Crippen molar-refractivity contribution in [1.29, 1.82) is 0 Å². The maximum atomic E-state index is 13.4. The van der Waals surface area contributed by atoms with E-state index in [2.05, 4.69) is 36.4 Å². The molecular weight excluding hydrogens is 454 g/mol. The van der Waals surface area contributed by atoms with E-state index in [1.165, 1.54) is 22.8 Å². The van der Waals surface area contributed by atoms with Crippen molar-refractivity contribution < 1.29 is 22.8 Å². The van der Waals surface area contributed by atoms with E-state index in [1.54, 1.807) is 24.3 Å². The third kappa shape index (κ3) is 7.34. The molecule has 10 heteroatoms. The predicted octanol–water partition coefficient (Wildman–Crippen LogP) is 1.24. The van der Waals surface area contributed by atoms with Crippen LogP contribution in [-0.2, 0) is 34.5 Å². The van der Waals surface area contributed by atoms with E-state index in [-0.39, 0.29) is 18.0 Å². The predicted molar refractivity (Wildman–Crippen MR) is 127 cm³/mol. The number of nitrogens with one attached hydrogen (secondary N) is 1. The molecule has 0 fully saturated rings. The van der Waals surface area contributed by atoms with E-state index >= 15 is 0 Å². The Labute approximate surface area is 200 Å². The number of quaternary nitrogens is 1. The number of nitrogens with zero attached hydrogens (tertiary/aromatic N) is 4. The molecule has 2 heterocycles. The number of carbonyl (C=O) groups is 1. The zero-order chi connectivity index (χ0) is 24.8. The van der Waals surface area contributed by atoms with Gasteiger partial charge in [-0.05, 0) is 29.8 Å². The largest absolute Gasteiger partial charge is 0.548 e. The van der Waals surface area contributed by atoms with Gasteiger partial charge in [0.15, 0.2) is 0 Å². The summed E-state index contributed by atoms with van der Waals surface area (Å²) in [5.74, 6) is -0.938. The lowest BCUT2D eigenvalue weighted by Gasteiger charge is -2.24. The molecule has 0 bridgehead atoms. The van der Waals surface area contributed by atoms with E-state index in [0.717, 1.165) is 22.2 Å². The fourth-order valence-corrected chi connectivity index (χ4v) is 4.75. The van der Waals surface area contributed by atoms with Crippen molar-refractivity contribution in [3.8, 4) is 0 Å². The minimum Gasteiger partial charge on any atom is -0.548 e. The molecule has 0 radical (unpaired) electrons. The number of carbonyl (C=O) groups excluding carboxylic acids is 1. The monoisotopic (exact) mass is 483 g/mol. The van der Waals surface area contributed by atoms with Gasteiger partial charge >= 0.3 is 0 Å². The van der Waals surface area contributed by atoms with Gasteiger partial charge in [0.2, 0.25) is 10.0 Å². The topological polar surface area (TPSA) is 115 Å². The second kappa shape index (κ2) is 10.7. The Morgan fingerprint density at radius 1 is 1.00 bits per heavy atom. The highest BCUT2D eigenvalue weighted by atomic mass is 32.2. The summed E-state index contributed by atoms with van der Waals surface area (Å²) in [5.41, 5.74) is 2.47. The van der Waals surface area contributed by atoms with E-state index in [1.807, 2.05) is 24.3 Å². The zero-order valence-corrected chi connectivity index (χ0v) is 20.3. The van der Waals surface area contributed by atoms with Crippen LogP contribution in [0, 0.1) is 0 Å². The first-order valence-electron chi connectivity index (χ1n) is 10.7. The summed E-state index contributed by atoms with van der Waals surface area (Å²) < 4.78 is 29.0. The van der Waals surface area contributed by atoms with Crippen LogP contribution in [0.15, 0.2) is 71.9 Å². The summed E-state index contributed by atoms with van der Waals surface area (Å²) in [6, 6.07) is 16.0. The van der Waals surface area contributed by atoms with Crippen molar-refractivity contribution in [3.63, 3.8) is 0 Å². The van der Waals surface area contributed by atoms with Crippen LogP contribution in [0.4, 0.5) is 5.82 Å². The molecule has 0 aliphatic rings. The molecule has 0 spiro atoms. The highest BCUT2D eigenvalue weighted by Gasteiger charge is 2.26. The van der Waals surface area contributed by atoms with Gasteiger partial charge in [0.1, 0.15) is 17.3 Å². The molecular formula is C24H29N5O4S. The molecule has 0 aliphatic carbocycles. The van der Waals surface area contributed by atoms with Gasteiger partial charge < -0.3 is 19.7 Å². The van der Waals surface area contributed by atoms with Crippen molar-refractivity contribution in [2.24, 2.45) is 0 Å². The fraction of sp³-hybridized carbons (Fsp3) is 0.292. The smallest absolute Gasteiger partial charge is 0.245 e.